The van der Waals surface area contributed by atoms with Crippen molar-refractivity contribution in [2.45, 2.75) is 38.5 Å². The summed E-state index contributed by atoms with van der Waals surface area (Å²) in [7, 11) is 0. The molecule has 0 bridgehead atoms. The highest BCUT2D eigenvalue weighted by molar-refractivity contribution is 5.83. The minimum Gasteiger partial charge on any atom is -0.354 e. The summed E-state index contributed by atoms with van der Waals surface area (Å²) in [4.78, 5) is 23.6. The summed E-state index contributed by atoms with van der Waals surface area (Å²) in [6.07, 6.45) is 7.84. The van der Waals surface area contributed by atoms with Gasteiger partial charge in [-0.05, 0) is 48.6 Å². The Morgan fingerprint density at radius 1 is 1.15 bits per heavy atom. The van der Waals surface area contributed by atoms with Crippen molar-refractivity contribution in [1.29, 1.82) is 0 Å². The molecule has 27 heavy (non-hydrogen) atoms. The Labute approximate surface area is 161 Å². The number of aryl methyl sites for hydroxylation is 1. The first-order chi connectivity index (χ1) is 13.2. The number of hydrogen-bond acceptors (Lipinski definition) is 4. The molecule has 2 aliphatic rings. The molecule has 2 aromatic rings. The summed E-state index contributed by atoms with van der Waals surface area (Å²) in [5.74, 6) is 2.27. The minimum absolute atomic E-state index is 0.201. The van der Waals surface area contributed by atoms with Crippen LogP contribution in [0.1, 0.15) is 43.2 Å². The molecule has 1 saturated carbocycles. The van der Waals surface area contributed by atoms with Crippen LogP contribution in [0.2, 0.25) is 0 Å². The van der Waals surface area contributed by atoms with Crippen LogP contribution >= 0.6 is 0 Å². The Balaban J connectivity index is 1.21. The van der Waals surface area contributed by atoms with Gasteiger partial charge in [-0.2, -0.15) is 0 Å². The van der Waals surface area contributed by atoms with Gasteiger partial charge in [-0.1, -0.05) is 37.3 Å². The molecule has 1 aromatic carbocycles. The standard InChI is InChI=1S/C22H28N4O/c1-2-16-13-23-22(24-14-16)25-15-17-8-10-26(11-9-17)21(27)20-12-19(20)18-6-4-3-5-7-18/h3-7,13-14,17,19-20H,2,8-12,15H2,1H3,(H,23,24,25). The number of nitrogens with one attached hydrogen (secondary N) is 1. The van der Waals surface area contributed by atoms with Crippen LogP contribution in [0.4, 0.5) is 5.95 Å². The van der Waals surface area contributed by atoms with E-state index >= 15 is 0 Å². The third-order valence-electron chi connectivity index (χ3n) is 5.92. The van der Waals surface area contributed by atoms with Crippen molar-refractivity contribution < 1.29 is 4.79 Å². The lowest BCUT2D eigenvalue weighted by atomic mass is 9.96. The van der Waals surface area contributed by atoms with Crippen LogP contribution in [0.25, 0.3) is 0 Å². The highest BCUT2D eigenvalue weighted by Crippen LogP contribution is 2.48. The first-order valence-electron chi connectivity index (χ1n) is 10.1. The predicted octanol–water partition coefficient (Wildman–Crippen LogP) is 3.49. The molecule has 1 aliphatic heterocycles. The van der Waals surface area contributed by atoms with Crippen LogP contribution in [0, 0.1) is 11.8 Å². The number of carbonyl (C=O) groups is 1. The highest BCUT2D eigenvalue weighted by Gasteiger charge is 2.45. The monoisotopic (exact) mass is 364 g/mol. The van der Waals surface area contributed by atoms with E-state index in [4.69, 9.17) is 0 Å². The first kappa shape index (κ1) is 18.0. The maximum Gasteiger partial charge on any atom is 0.226 e. The average Bonchev–Trinajstić information content (AvgIpc) is 3.54. The lowest BCUT2D eigenvalue weighted by molar-refractivity contribution is -0.134. The Morgan fingerprint density at radius 3 is 2.52 bits per heavy atom. The number of carbonyl (C=O) groups excluding carboxylic acids is 1. The van der Waals surface area contributed by atoms with Gasteiger partial charge in [-0.25, -0.2) is 9.97 Å². The SMILES string of the molecule is CCc1cnc(NCC2CCN(C(=O)C3CC3c3ccccc3)CC2)nc1. The van der Waals surface area contributed by atoms with E-state index in [1.807, 2.05) is 18.5 Å². The van der Waals surface area contributed by atoms with Crippen molar-refractivity contribution in [3.63, 3.8) is 0 Å². The number of anilines is 1. The maximum absolute atomic E-state index is 12.8. The van der Waals surface area contributed by atoms with E-state index < -0.39 is 0 Å². The van der Waals surface area contributed by atoms with Crippen LogP contribution < -0.4 is 5.32 Å². The number of nitrogens with zero attached hydrogens (tertiary/aromatic N) is 3. The van der Waals surface area contributed by atoms with E-state index in [1.54, 1.807) is 0 Å². The van der Waals surface area contributed by atoms with Crippen LogP contribution in [-0.2, 0) is 11.2 Å². The van der Waals surface area contributed by atoms with Crippen molar-refractivity contribution >= 4 is 11.9 Å². The van der Waals surface area contributed by atoms with Crippen LogP contribution in [-0.4, -0.2) is 40.4 Å². The quantitative estimate of drug-likeness (QED) is 0.852. The summed E-state index contributed by atoms with van der Waals surface area (Å²) in [6.45, 7) is 4.73. The van der Waals surface area contributed by atoms with Gasteiger partial charge in [0, 0.05) is 37.9 Å². The summed E-state index contributed by atoms with van der Waals surface area (Å²) >= 11 is 0. The van der Waals surface area contributed by atoms with Crippen LogP contribution in [0.15, 0.2) is 42.7 Å². The number of aromatic nitrogens is 2. The highest BCUT2D eigenvalue weighted by atomic mass is 16.2. The number of piperidine rings is 1. The smallest absolute Gasteiger partial charge is 0.226 e. The number of benzene rings is 1. The molecule has 1 saturated heterocycles. The zero-order chi connectivity index (χ0) is 18.6. The molecule has 5 heteroatoms. The number of amides is 1. The van der Waals surface area contributed by atoms with Crippen LogP contribution in [0.5, 0.6) is 0 Å². The van der Waals surface area contributed by atoms with Gasteiger partial charge in [0.2, 0.25) is 11.9 Å². The van der Waals surface area contributed by atoms with E-state index in [0.29, 0.717) is 23.7 Å². The van der Waals surface area contributed by atoms with E-state index in [9.17, 15) is 4.79 Å². The van der Waals surface area contributed by atoms with Crippen molar-refractivity contribution in [2.75, 3.05) is 25.0 Å². The summed E-state index contributed by atoms with van der Waals surface area (Å²) in [5, 5.41) is 3.35. The molecule has 2 atom stereocenters. The Hall–Kier alpha value is -2.43. The topological polar surface area (TPSA) is 58.1 Å². The fourth-order valence-electron chi connectivity index (χ4n) is 3.99. The summed E-state index contributed by atoms with van der Waals surface area (Å²) in [6, 6.07) is 10.4. The third-order valence-corrected chi connectivity index (χ3v) is 5.92. The zero-order valence-corrected chi connectivity index (χ0v) is 16.0. The second-order valence-electron chi connectivity index (χ2n) is 7.78. The van der Waals surface area contributed by atoms with Crippen molar-refractivity contribution in [1.82, 2.24) is 14.9 Å². The molecule has 0 radical (unpaired) electrons. The van der Waals surface area contributed by atoms with Crippen LogP contribution in [0.3, 0.4) is 0 Å². The molecular weight excluding hydrogens is 336 g/mol. The lowest BCUT2D eigenvalue weighted by Gasteiger charge is -2.32. The molecule has 5 nitrogen and oxygen atoms in total. The fraction of sp³-hybridized carbons (Fsp3) is 0.500. The molecular formula is C22H28N4O. The molecule has 1 aromatic heterocycles. The van der Waals surface area contributed by atoms with Crippen molar-refractivity contribution in [3.05, 3.63) is 53.9 Å². The van der Waals surface area contributed by atoms with Gasteiger partial charge in [0.15, 0.2) is 0 Å². The van der Waals surface area contributed by atoms with E-state index in [-0.39, 0.29) is 5.92 Å². The van der Waals surface area contributed by atoms with Gasteiger partial charge in [0.1, 0.15) is 0 Å². The largest absolute Gasteiger partial charge is 0.354 e. The lowest BCUT2D eigenvalue weighted by Crippen LogP contribution is -2.40. The van der Waals surface area contributed by atoms with E-state index in [0.717, 1.165) is 50.9 Å². The summed E-state index contributed by atoms with van der Waals surface area (Å²) < 4.78 is 0. The van der Waals surface area contributed by atoms with Gasteiger partial charge >= 0.3 is 0 Å². The molecule has 2 unspecified atom stereocenters. The Bertz CT molecular complexity index is 754. The molecule has 2 heterocycles. The minimum atomic E-state index is 0.201. The van der Waals surface area contributed by atoms with Gasteiger partial charge in [0.25, 0.3) is 0 Å². The Kier molecular flexibility index (Phi) is 5.37. The molecule has 1 amide bonds. The van der Waals surface area contributed by atoms with Gasteiger partial charge in [-0.15, -0.1) is 0 Å². The van der Waals surface area contributed by atoms with Crippen molar-refractivity contribution in [3.8, 4) is 0 Å². The second-order valence-corrected chi connectivity index (χ2v) is 7.78. The van der Waals surface area contributed by atoms with Crippen molar-refractivity contribution in [2.24, 2.45) is 11.8 Å². The van der Waals surface area contributed by atoms with Gasteiger partial charge in [0.05, 0.1) is 0 Å². The Morgan fingerprint density at radius 2 is 1.85 bits per heavy atom. The number of rotatable bonds is 6. The summed E-state index contributed by atoms with van der Waals surface area (Å²) in [5.41, 5.74) is 2.46. The van der Waals surface area contributed by atoms with E-state index in [2.05, 4.69) is 51.4 Å². The second kappa shape index (κ2) is 8.07. The number of hydrogen-bond donors (Lipinski definition) is 1. The third kappa shape index (κ3) is 4.29. The molecule has 1 N–H and O–H groups in total. The fourth-order valence-corrected chi connectivity index (χ4v) is 3.99. The molecule has 142 valence electrons. The first-order valence-corrected chi connectivity index (χ1v) is 10.1. The molecule has 2 fully saturated rings. The molecule has 4 rings (SSSR count). The predicted molar refractivity (Wildman–Crippen MR) is 106 cm³/mol. The van der Waals surface area contributed by atoms with Gasteiger partial charge < -0.3 is 10.2 Å². The van der Waals surface area contributed by atoms with Gasteiger partial charge in [-0.3, -0.25) is 4.79 Å². The zero-order valence-electron chi connectivity index (χ0n) is 16.0. The normalized spacial score (nSPS) is 22.5. The molecule has 0 spiro atoms. The van der Waals surface area contributed by atoms with E-state index in [1.165, 1.54) is 5.56 Å². The maximum atomic E-state index is 12.8. The molecule has 1 aliphatic carbocycles. The number of likely N-dealkylation sites (tertiary alicyclic amines) is 1. The average molecular weight is 364 g/mol.